The molecule has 3 aromatic rings. The summed E-state index contributed by atoms with van der Waals surface area (Å²) < 4.78 is 101. The monoisotopic (exact) mass is 1340 g/mol. The number of nitrogens with zero attached hydrogens (tertiary/aromatic N) is 5. The summed E-state index contributed by atoms with van der Waals surface area (Å²) in [4.78, 5) is 123. The van der Waals surface area contributed by atoms with Gasteiger partial charge in [0.05, 0.1) is 37.7 Å². The Morgan fingerprint density at radius 3 is 1.64 bits per heavy atom. The Labute approximate surface area is 524 Å². The molecule has 1 saturated heterocycles. The second-order valence-corrected chi connectivity index (χ2v) is 26.0. The Bertz CT molecular complexity index is 3350. The molecule has 0 unspecified atom stereocenters. The first-order valence-corrected chi connectivity index (χ1v) is 33.3. The number of pyridine rings is 1. The molecule has 0 spiro atoms. The van der Waals surface area contributed by atoms with Crippen LogP contribution in [0.1, 0.15) is 46.4 Å². The molecule has 1 aromatic heterocycles. The summed E-state index contributed by atoms with van der Waals surface area (Å²) in [5, 5.41) is 52.7. The van der Waals surface area contributed by atoms with Gasteiger partial charge in [-0.05, 0) is 85.7 Å². The number of hydrogen-bond donors (Lipinski definition) is 13. The lowest BCUT2D eigenvalue weighted by atomic mass is 10.0. The molecule has 502 valence electrons. The number of carbonyl (C=O) groups excluding carboxylic acids is 5. The van der Waals surface area contributed by atoms with Crippen molar-refractivity contribution in [2.24, 2.45) is 0 Å². The number of ether oxygens (including phenoxy) is 1. The minimum absolute atomic E-state index is 0.0320. The summed E-state index contributed by atoms with van der Waals surface area (Å²) in [5.41, 5.74) is 3.29. The third-order valence-corrected chi connectivity index (χ3v) is 17.0. The first kappa shape index (κ1) is 73.7. The number of hydrogen-bond acceptors (Lipinski definition) is 22. The van der Waals surface area contributed by atoms with E-state index in [1.165, 1.54) is 37.3 Å². The third kappa shape index (κ3) is 28.0. The van der Waals surface area contributed by atoms with Crippen LogP contribution >= 0.6 is 0 Å². The highest BCUT2D eigenvalue weighted by atomic mass is 32.2. The number of aromatic nitrogens is 1. The maximum atomic E-state index is 13.5. The van der Waals surface area contributed by atoms with Gasteiger partial charge < -0.3 is 57.1 Å². The average Bonchev–Trinajstić information content (AvgIpc) is 1.61. The first-order chi connectivity index (χ1) is 42.9. The van der Waals surface area contributed by atoms with E-state index in [1.54, 1.807) is 24.3 Å². The van der Waals surface area contributed by atoms with Gasteiger partial charge in [-0.1, -0.05) is 18.2 Å². The summed E-state index contributed by atoms with van der Waals surface area (Å²) in [7, 11) is -14.6. The van der Waals surface area contributed by atoms with Gasteiger partial charge in [-0.3, -0.25) is 71.9 Å². The Morgan fingerprint density at radius 1 is 0.582 bits per heavy atom. The number of aryl methyl sites for hydroxylation is 3. The van der Waals surface area contributed by atoms with Crippen LogP contribution in [0.5, 0.6) is 5.75 Å². The van der Waals surface area contributed by atoms with Crippen molar-refractivity contribution >= 4 is 89.5 Å². The SMILES string of the molecule is O=C(O)CN1CCN(CC(=O)O)CCN(CC(=O)N[C@@H](CS(=O)(=O)O)C(=O)N[C@@H](CS(=O)(=O)O)C(=O)NCCNC(=O)CCCOc2ccc(S(=O)(=O)N[C@@H](CNC(=O)c3ccc(CCc4ccc5c(n4)NCCC5)cc3)C(=O)O)cc2)CCN(CC(=O)O)CC1. The van der Waals surface area contributed by atoms with E-state index in [9.17, 15) is 97.9 Å². The molecule has 0 radical (unpaired) electrons. The molecule has 1 fully saturated rings. The number of fused-ring (bicyclic) bond motifs is 1. The number of nitrogens with one attached hydrogen (secondary N) is 7. The van der Waals surface area contributed by atoms with E-state index in [4.69, 9.17) is 9.72 Å². The molecule has 34 nitrogen and oxygen atoms in total. The lowest BCUT2D eigenvalue weighted by Gasteiger charge is -2.33. The predicted octanol–water partition coefficient (Wildman–Crippen LogP) is -4.00. The van der Waals surface area contributed by atoms with Crippen LogP contribution in [-0.4, -0.2) is 274 Å². The molecule has 13 N–H and O–H groups in total. The molecular weight excluding hydrogens is 1260 g/mol. The smallest absolute Gasteiger partial charge is 0.323 e. The fourth-order valence-corrected chi connectivity index (χ4v) is 11.9. The predicted molar refractivity (Wildman–Crippen MR) is 322 cm³/mol. The van der Waals surface area contributed by atoms with E-state index in [0.29, 0.717) is 12.8 Å². The van der Waals surface area contributed by atoms with Crippen molar-refractivity contribution in [2.75, 3.05) is 128 Å². The second-order valence-electron chi connectivity index (χ2n) is 21.3. The molecule has 3 atom stereocenters. The zero-order chi connectivity index (χ0) is 66.9. The quantitative estimate of drug-likeness (QED) is 0.0200. The van der Waals surface area contributed by atoms with Crippen LogP contribution in [0.3, 0.4) is 0 Å². The minimum Gasteiger partial charge on any atom is -0.494 e. The Morgan fingerprint density at radius 2 is 1.11 bits per heavy atom. The number of rotatable bonds is 34. The average molecular weight is 1340 g/mol. The lowest BCUT2D eigenvalue weighted by Crippen LogP contribution is -2.58. The van der Waals surface area contributed by atoms with Crippen LogP contribution in [0, 0.1) is 0 Å². The van der Waals surface area contributed by atoms with Crippen LogP contribution in [0.4, 0.5) is 5.82 Å². The molecule has 2 aliphatic rings. The number of aliphatic carboxylic acids is 4. The number of benzene rings is 2. The van der Waals surface area contributed by atoms with Crippen molar-refractivity contribution in [1.82, 2.24) is 55.9 Å². The van der Waals surface area contributed by atoms with Gasteiger partial charge in [-0.15, -0.1) is 0 Å². The van der Waals surface area contributed by atoms with E-state index >= 15 is 0 Å². The zero-order valence-electron chi connectivity index (χ0n) is 49.4. The van der Waals surface area contributed by atoms with E-state index < -0.39 is 153 Å². The highest BCUT2D eigenvalue weighted by molar-refractivity contribution is 7.89. The Kier molecular flexibility index (Phi) is 28.8. The molecule has 91 heavy (non-hydrogen) atoms. The van der Waals surface area contributed by atoms with E-state index in [-0.39, 0.29) is 94.6 Å². The topological polar surface area (TPSA) is 497 Å². The van der Waals surface area contributed by atoms with E-state index in [1.807, 2.05) is 11.4 Å². The molecule has 0 saturated carbocycles. The fourth-order valence-electron chi connectivity index (χ4n) is 9.36. The van der Waals surface area contributed by atoms with Crippen LogP contribution in [-0.2, 0) is 87.9 Å². The minimum atomic E-state index is -5.11. The molecule has 5 amide bonds. The summed E-state index contributed by atoms with van der Waals surface area (Å²) in [5.74, 6) is -12.1. The summed E-state index contributed by atoms with van der Waals surface area (Å²) in [6, 6.07) is 9.54. The summed E-state index contributed by atoms with van der Waals surface area (Å²) in [6.07, 6.45) is 3.34. The van der Waals surface area contributed by atoms with Crippen molar-refractivity contribution in [3.63, 3.8) is 0 Å². The number of carboxylic acid groups (broad SMARTS) is 4. The number of amides is 5. The number of carboxylic acids is 4. The highest BCUT2D eigenvalue weighted by Crippen LogP contribution is 2.21. The van der Waals surface area contributed by atoms with Crippen LogP contribution in [0.15, 0.2) is 65.6 Å². The number of anilines is 1. The van der Waals surface area contributed by atoms with Gasteiger partial charge in [0.1, 0.15) is 41.2 Å². The van der Waals surface area contributed by atoms with Crippen LogP contribution < -0.4 is 41.4 Å². The van der Waals surface area contributed by atoms with E-state index in [2.05, 4.69) is 37.4 Å². The summed E-state index contributed by atoms with van der Waals surface area (Å²) in [6.45, 7) is -2.48. The normalized spacial score (nSPS) is 15.9. The largest absolute Gasteiger partial charge is 0.494 e. The van der Waals surface area contributed by atoms with Gasteiger partial charge >= 0.3 is 23.9 Å². The van der Waals surface area contributed by atoms with Gasteiger partial charge in [-0.25, -0.2) is 13.4 Å². The van der Waals surface area contributed by atoms with Crippen molar-refractivity contribution in [1.29, 1.82) is 0 Å². The maximum absolute atomic E-state index is 13.5. The number of carbonyl (C=O) groups is 9. The highest BCUT2D eigenvalue weighted by Gasteiger charge is 2.33. The lowest BCUT2D eigenvalue weighted by molar-refractivity contribution is -0.140. The molecule has 0 aliphatic carbocycles. The van der Waals surface area contributed by atoms with Gasteiger partial charge in [-0.2, -0.15) is 21.6 Å². The fraction of sp³-hybridized carbons (Fsp3) is 0.519. The molecule has 0 bridgehead atoms. The molecule has 2 aliphatic heterocycles. The summed E-state index contributed by atoms with van der Waals surface area (Å²) >= 11 is 0. The van der Waals surface area contributed by atoms with Crippen molar-refractivity contribution in [3.05, 3.63) is 83.0 Å². The van der Waals surface area contributed by atoms with Crippen molar-refractivity contribution in [2.45, 2.75) is 61.5 Å². The number of sulfonamides is 1. The van der Waals surface area contributed by atoms with Gasteiger partial charge in [0.15, 0.2) is 0 Å². The molecule has 3 heterocycles. The second kappa shape index (κ2) is 35.6. The maximum Gasteiger partial charge on any atom is 0.323 e. The molecule has 2 aromatic carbocycles. The van der Waals surface area contributed by atoms with Gasteiger partial charge in [0, 0.05) is 96.2 Å². The van der Waals surface area contributed by atoms with Crippen molar-refractivity contribution in [3.8, 4) is 5.75 Å². The van der Waals surface area contributed by atoms with Gasteiger partial charge in [0.2, 0.25) is 33.7 Å². The van der Waals surface area contributed by atoms with Crippen LogP contribution in [0.25, 0.3) is 0 Å². The van der Waals surface area contributed by atoms with Crippen molar-refractivity contribution < 1.29 is 103 Å². The van der Waals surface area contributed by atoms with E-state index in [0.717, 1.165) is 48.6 Å². The third-order valence-electron chi connectivity index (χ3n) is 14.0. The Hall–Kier alpha value is -8.01. The zero-order valence-corrected chi connectivity index (χ0v) is 51.8. The standard InChI is InChI=1S/C54H76N12O22S3/c67-45(4-2-28-88-40-13-15-41(16-14-40)91(86,87)62-42(54(78)79)29-58-51(75)38-8-5-36(6-9-38)7-11-39-12-10-37-3-1-17-56-50(37)59-39)55-18-19-57-52(76)43(34-89(80,81)82)61-53(77)44(35-90(83,84)85)60-46(68)30-63-20-22-64(31-47(69)70)24-26-66(33-49(73)74)27-25-65(23-21-63)32-48(71)72/h5-6,8-10,12-16,42-44,62H,1-4,7,11,17-35H2,(H,55,67)(H,56,59)(H,57,76)(H,58,75)(H,60,68)(H,61,77)(H,69,70)(H,71,72)(H,73,74)(H,78,79)(H,80,81,82)(H,83,84,85)/t42-,43-,44-/m0/s1. The first-order valence-electron chi connectivity index (χ1n) is 28.6. The van der Waals surface area contributed by atoms with Crippen LogP contribution in [0.2, 0.25) is 0 Å². The molecule has 5 rings (SSSR count). The Balaban J connectivity index is 1.05. The van der Waals surface area contributed by atoms with Gasteiger partial charge in [0.25, 0.3) is 26.1 Å². The molecular formula is C54H76N12O22S3. The molecule has 37 heteroatoms.